The van der Waals surface area contributed by atoms with Crippen LogP contribution in [0, 0.1) is 0 Å². The van der Waals surface area contributed by atoms with Crippen LogP contribution >= 0.6 is 0 Å². The van der Waals surface area contributed by atoms with Gasteiger partial charge >= 0.3 is 6.18 Å². The van der Waals surface area contributed by atoms with E-state index in [1.165, 1.54) is 18.5 Å². The highest BCUT2D eigenvalue weighted by molar-refractivity contribution is 6.12. The first-order valence-electron chi connectivity index (χ1n) is 12.9. The van der Waals surface area contributed by atoms with Gasteiger partial charge in [-0.25, -0.2) is 4.99 Å². The van der Waals surface area contributed by atoms with Gasteiger partial charge in [0, 0.05) is 48.9 Å². The van der Waals surface area contributed by atoms with E-state index in [2.05, 4.69) is 25.2 Å². The van der Waals surface area contributed by atoms with Gasteiger partial charge in [0.2, 0.25) is 0 Å². The van der Waals surface area contributed by atoms with E-state index < -0.39 is 17.9 Å². The molecule has 40 heavy (non-hydrogen) atoms. The Bertz CT molecular complexity index is 1270. The molecule has 0 aliphatic carbocycles. The van der Waals surface area contributed by atoms with Crippen LogP contribution in [0.4, 0.5) is 13.2 Å². The second-order valence-electron chi connectivity index (χ2n) is 9.16. The average molecular weight is 557 g/mol. The number of allylic oxidation sites excluding steroid dienone is 1. The Labute approximate surface area is 230 Å². The number of alkyl halides is 3. The quantitative estimate of drug-likeness (QED) is 0.362. The molecule has 2 aliphatic heterocycles. The monoisotopic (exact) mass is 556 g/mol. The lowest BCUT2D eigenvalue weighted by Crippen LogP contribution is -2.37. The Morgan fingerprint density at radius 1 is 1.23 bits per heavy atom. The minimum atomic E-state index is -4.75. The third-order valence-electron chi connectivity index (χ3n) is 6.14. The predicted molar refractivity (Wildman–Crippen MR) is 146 cm³/mol. The van der Waals surface area contributed by atoms with Crippen molar-refractivity contribution >= 4 is 23.2 Å². The summed E-state index contributed by atoms with van der Waals surface area (Å²) in [5.41, 5.74) is 5.25. The molecule has 0 spiro atoms. The van der Waals surface area contributed by atoms with Gasteiger partial charge in [-0.1, -0.05) is 12.1 Å². The van der Waals surface area contributed by atoms with Crippen LogP contribution in [0.25, 0.3) is 5.70 Å². The number of aliphatic imine (C=N–C) groups is 2. The van der Waals surface area contributed by atoms with Gasteiger partial charge in [-0.05, 0) is 48.9 Å². The van der Waals surface area contributed by atoms with Crippen molar-refractivity contribution in [1.29, 1.82) is 0 Å². The molecule has 3 heterocycles. The standard InChI is InChI=1S/C28H31F3N6O3/c29-28(30,31)25(17-24(32)21-5-2-9-33-18-21)36-26-8-7-22(19-34-26)35-27(38)20-4-1-6-23(16-20)40-13-3-10-37-11-14-39-15-12-37/h1-2,4-9,16-18,22H,3,10-15,19,32H2,(H,35,38). The number of amides is 1. The van der Waals surface area contributed by atoms with Gasteiger partial charge in [0.1, 0.15) is 17.3 Å². The fourth-order valence-corrected chi connectivity index (χ4v) is 4.02. The fraction of sp³-hybridized carbons (Fsp3) is 0.357. The summed E-state index contributed by atoms with van der Waals surface area (Å²) in [5.74, 6) is 0.112. The number of dihydropyridines is 1. The number of halogens is 3. The van der Waals surface area contributed by atoms with Crippen molar-refractivity contribution < 1.29 is 27.4 Å². The third kappa shape index (κ3) is 8.75. The van der Waals surface area contributed by atoms with E-state index in [0.717, 1.165) is 45.3 Å². The summed E-state index contributed by atoms with van der Waals surface area (Å²) in [4.78, 5) is 26.7. The normalized spacial score (nSPS) is 18.8. The molecule has 1 amide bonds. The van der Waals surface area contributed by atoms with Gasteiger partial charge in [-0.15, -0.1) is 0 Å². The predicted octanol–water partition coefficient (Wildman–Crippen LogP) is 3.25. The lowest BCUT2D eigenvalue weighted by Gasteiger charge is -2.26. The number of hydrogen-bond acceptors (Lipinski definition) is 8. The van der Waals surface area contributed by atoms with Gasteiger partial charge < -0.3 is 20.5 Å². The molecule has 1 unspecified atom stereocenters. The van der Waals surface area contributed by atoms with Gasteiger partial charge in [0.25, 0.3) is 5.91 Å². The molecule has 4 rings (SSSR count). The number of nitrogens with one attached hydrogen (secondary N) is 1. The van der Waals surface area contributed by atoms with E-state index in [0.29, 0.717) is 23.5 Å². The number of pyridine rings is 1. The molecule has 12 heteroatoms. The molecule has 3 N–H and O–H groups in total. The number of rotatable bonds is 9. The summed E-state index contributed by atoms with van der Waals surface area (Å²) in [6, 6.07) is 9.45. The zero-order chi connectivity index (χ0) is 28.4. The van der Waals surface area contributed by atoms with Crippen LogP contribution in [-0.4, -0.2) is 85.6 Å². The molecule has 1 atom stereocenters. The molecule has 0 radical (unpaired) electrons. The summed E-state index contributed by atoms with van der Waals surface area (Å²) in [5, 5.41) is 2.81. The summed E-state index contributed by atoms with van der Waals surface area (Å²) in [6.45, 7) is 4.82. The Hall–Kier alpha value is -4.03. The van der Waals surface area contributed by atoms with Crippen molar-refractivity contribution in [1.82, 2.24) is 15.2 Å². The first-order chi connectivity index (χ1) is 19.3. The van der Waals surface area contributed by atoms with Crippen LogP contribution in [0.15, 0.2) is 77.0 Å². The van der Waals surface area contributed by atoms with Crippen molar-refractivity contribution in [2.45, 2.75) is 18.6 Å². The van der Waals surface area contributed by atoms with E-state index >= 15 is 0 Å². The maximum absolute atomic E-state index is 13.6. The first kappa shape index (κ1) is 29.0. The Morgan fingerprint density at radius 3 is 2.73 bits per heavy atom. The number of ether oxygens (including phenoxy) is 2. The van der Waals surface area contributed by atoms with Crippen LogP contribution in [-0.2, 0) is 4.74 Å². The lowest BCUT2D eigenvalue weighted by molar-refractivity contribution is -0.0575. The van der Waals surface area contributed by atoms with Crippen molar-refractivity contribution in [2.75, 3.05) is 46.0 Å². The number of benzene rings is 1. The van der Waals surface area contributed by atoms with E-state index in [-0.39, 0.29) is 24.0 Å². The largest absolute Gasteiger partial charge is 0.494 e. The highest BCUT2D eigenvalue weighted by atomic mass is 19.4. The molecular weight excluding hydrogens is 525 g/mol. The molecule has 212 valence electrons. The molecular formula is C28H31F3N6O3. The maximum atomic E-state index is 13.6. The first-order valence-corrected chi connectivity index (χ1v) is 12.9. The second-order valence-corrected chi connectivity index (χ2v) is 9.16. The smallest absolute Gasteiger partial charge is 0.433 e. The molecule has 9 nitrogen and oxygen atoms in total. The van der Waals surface area contributed by atoms with Crippen LogP contribution in [0.5, 0.6) is 5.75 Å². The molecule has 2 aromatic rings. The van der Waals surface area contributed by atoms with E-state index in [1.54, 1.807) is 42.5 Å². The molecule has 1 aromatic heterocycles. The zero-order valence-electron chi connectivity index (χ0n) is 21.8. The minimum absolute atomic E-state index is 0.0335. The van der Waals surface area contributed by atoms with Gasteiger partial charge in [0.15, 0.2) is 0 Å². The van der Waals surface area contributed by atoms with Crippen LogP contribution in [0.1, 0.15) is 22.3 Å². The number of carbonyl (C=O) groups is 1. The van der Waals surface area contributed by atoms with Crippen molar-refractivity contribution in [3.63, 3.8) is 0 Å². The highest BCUT2D eigenvalue weighted by Gasteiger charge is 2.35. The van der Waals surface area contributed by atoms with Crippen LogP contribution in [0.2, 0.25) is 0 Å². The SMILES string of the molecule is NC(=CC(=NC1=NCC(NC(=O)c2cccc(OCCCN3CCOCC3)c2)C=C1)C(F)(F)F)c1cccnc1. The van der Waals surface area contributed by atoms with E-state index in [1.807, 2.05) is 0 Å². The molecule has 0 saturated carbocycles. The molecule has 1 aromatic carbocycles. The Morgan fingerprint density at radius 2 is 2.02 bits per heavy atom. The van der Waals surface area contributed by atoms with E-state index in [4.69, 9.17) is 15.2 Å². The maximum Gasteiger partial charge on any atom is 0.433 e. The Balaban J connectivity index is 1.30. The Kier molecular flexibility index (Phi) is 10.0. The third-order valence-corrected chi connectivity index (χ3v) is 6.14. The highest BCUT2D eigenvalue weighted by Crippen LogP contribution is 2.21. The second kappa shape index (κ2) is 13.9. The zero-order valence-corrected chi connectivity index (χ0v) is 21.8. The number of amidine groups is 1. The van der Waals surface area contributed by atoms with Gasteiger partial charge in [-0.2, -0.15) is 13.2 Å². The molecule has 1 saturated heterocycles. The van der Waals surface area contributed by atoms with Gasteiger partial charge in [-0.3, -0.25) is 19.7 Å². The summed E-state index contributed by atoms with van der Waals surface area (Å²) in [6.07, 6.45) is 2.60. The van der Waals surface area contributed by atoms with Gasteiger partial charge in [0.05, 0.1) is 32.4 Å². The van der Waals surface area contributed by atoms with Crippen molar-refractivity contribution in [3.05, 3.63) is 78.1 Å². The number of carbonyl (C=O) groups excluding carboxylic acids is 1. The molecule has 2 aliphatic rings. The average Bonchev–Trinajstić information content (AvgIpc) is 2.96. The number of hydrogen-bond donors (Lipinski definition) is 2. The summed E-state index contributed by atoms with van der Waals surface area (Å²) < 4.78 is 52.0. The van der Waals surface area contributed by atoms with Crippen molar-refractivity contribution in [3.8, 4) is 5.75 Å². The number of nitrogens with two attached hydrogens (primary N) is 1. The van der Waals surface area contributed by atoms with Crippen LogP contribution in [0.3, 0.4) is 0 Å². The number of nitrogens with zero attached hydrogens (tertiary/aromatic N) is 4. The minimum Gasteiger partial charge on any atom is -0.494 e. The topological polar surface area (TPSA) is 114 Å². The van der Waals surface area contributed by atoms with Crippen molar-refractivity contribution in [2.24, 2.45) is 15.7 Å². The summed E-state index contributed by atoms with van der Waals surface area (Å²) >= 11 is 0. The lowest BCUT2D eigenvalue weighted by atomic mass is 10.1. The number of morpholine rings is 1. The summed E-state index contributed by atoms with van der Waals surface area (Å²) in [7, 11) is 0. The molecule has 1 fully saturated rings. The molecule has 0 bridgehead atoms. The van der Waals surface area contributed by atoms with E-state index in [9.17, 15) is 18.0 Å². The van der Waals surface area contributed by atoms with Crippen LogP contribution < -0.4 is 15.8 Å². The number of aromatic nitrogens is 1. The fourth-order valence-electron chi connectivity index (χ4n) is 4.02.